The fourth-order valence-corrected chi connectivity index (χ4v) is 3.19. The standard InChI is InChI=1S/C19H19N5O2/c1-13-16(14-7-4-3-5-8-14)18-21-20-17-15(24(18)22-13)9-11-23(19(17)25)10-6-12-26-2/h3-5,7-9,11H,6,10,12H2,1-2H3. The van der Waals surface area contributed by atoms with E-state index in [1.165, 1.54) is 0 Å². The molecule has 4 aromatic rings. The first kappa shape index (κ1) is 16.4. The van der Waals surface area contributed by atoms with Gasteiger partial charge in [0, 0.05) is 26.5 Å². The molecule has 3 heterocycles. The lowest BCUT2D eigenvalue weighted by Gasteiger charge is -2.07. The minimum Gasteiger partial charge on any atom is -0.385 e. The molecule has 132 valence electrons. The Labute approximate surface area is 149 Å². The van der Waals surface area contributed by atoms with Crippen LogP contribution in [0.1, 0.15) is 12.1 Å². The maximum absolute atomic E-state index is 12.7. The van der Waals surface area contributed by atoms with Gasteiger partial charge >= 0.3 is 0 Å². The van der Waals surface area contributed by atoms with Gasteiger partial charge in [-0.15, -0.1) is 10.2 Å². The Bertz CT molecular complexity index is 1130. The molecule has 0 amide bonds. The molecule has 0 saturated carbocycles. The molecule has 1 aromatic carbocycles. The molecule has 3 aromatic heterocycles. The van der Waals surface area contributed by atoms with Crippen molar-refractivity contribution < 1.29 is 4.74 Å². The summed E-state index contributed by atoms with van der Waals surface area (Å²) in [6.45, 7) is 3.12. The number of pyridine rings is 1. The number of hydrogen-bond acceptors (Lipinski definition) is 5. The highest BCUT2D eigenvalue weighted by molar-refractivity contribution is 5.84. The fraction of sp³-hybridized carbons (Fsp3) is 0.263. The Hall–Kier alpha value is -3.06. The molecule has 0 bridgehead atoms. The third-order valence-corrected chi connectivity index (χ3v) is 4.44. The van der Waals surface area contributed by atoms with Gasteiger partial charge in [-0.2, -0.15) is 5.10 Å². The van der Waals surface area contributed by atoms with E-state index in [0.29, 0.717) is 29.8 Å². The second kappa shape index (κ2) is 6.68. The molecule has 0 aliphatic carbocycles. The number of rotatable bonds is 5. The number of ether oxygens (including phenoxy) is 1. The van der Waals surface area contributed by atoms with Crippen LogP contribution in [-0.4, -0.2) is 38.1 Å². The number of benzene rings is 1. The molecule has 4 rings (SSSR count). The second-order valence-electron chi connectivity index (χ2n) is 6.16. The Kier molecular flexibility index (Phi) is 4.22. The summed E-state index contributed by atoms with van der Waals surface area (Å²) in [5.41, 5.74) is 4.28. The van der Waals surface area contributed by atoms with Crippen LogP contribution < -0.4 is 5.56 Å². The maximum Gasteiger partial charge on any atom is 0.280 e. The smallest absolute Gasteiger partial charge is 0.280 e. The zero-order chi connectivity index (χ0) is 18.1. The molecule has 0 atom stereocenters. The molecule has 0 unspecified atom stereocenters. The lowest BCUT2D eigenvalue weighted by Crippen LogP contribution is -2.22. The van der Waals surface area contributed by atoms with Gasteiger partial charge in [-0.25, -0.2) is 4.52 Å². The van der Waals surface area contributed by atoms with Crippen molar-refractivity contribution in [3.05, 3.63) is 58.6 Å². The van der Waals surface area contributed by atoms with E-state index in [4.69, 9.17) is 4.74 Å². The normalized spacial score (nSPS) is 11.5. The van der Waals surface area contributed by atoms with Gasteiger partial charge in [0.1, 0.15) is 5.52 Å². The molecule has 0 saturated heterocycles. The average Bonchev–Trinajstić information content (AvgIpc) is 3.00. The summed E-state index contributed by atoms with van der Waals surface area (Å²) in [6, 6.07) is 11.8. The van der Waals surface area contributed by atoms with Gasteiger partial charge in [-0.3, -0.25) is 4.79 Å². The first-order valence-electron chi connectivity index (χ1n) is 8.50. The van der Waals surface area contributed by atoms with Gasteiger partial charge in [0.05, 0.1) is 11.3 Å². The van der Waals surface area contributed by atoms with E-state index in [1.807, 2.05) is 43.3 Å². The summed E-state index contributed by atoms with van der Waals surface area (Å²) < 4.78 is 8.39. The Morgan fingerprint density at radius 1 is 1.12 bits per heavy atom. The summed E-state index contributed by atoms with van der Waals surface area (Å²) in [5.74, 6) is 0. The summed E-state index contributed by atoms with van der Waals surface area (Å²) >= 11 is 0. The van der Waals surface area contributed by atoms with Crippen molar-refractivity contribution in [2.45, 2.75) is 19.9 Å². The number of methoxy groups -OCH3 is 1. The minimum atomic E-state index is -0.164. The van der Waals surface area contributed by atoms with Crippen molar-refractivity contribution in [1.82, 2.24) is 24.4 Å². The molecule has 7 nitrogen and oxygen atoms in total. The van der Waals surface area contributed by atoms with Gasteiger partial charge in [0.2, 0.25) is 0 Å². The molecule has 0 radical (unpaired) electrons. The van der Waals surface area contributed by atoms with Crippen LogP contribution in [0.3, 0.4) is 0 Å². The van der Waals surface area contributed by atoms with Crippen LogP contribution in [0, 0.1) is 6.92 Å². The van der Waals surface area contributed by atoms with Gasteiger partial charge in [-0.05, 0) is 25.0 Å². The quantitative estimate of drug-likeness (QED) is 0.517. The zero-order valence-electron chi connectivity index (χ0n) is 14.7. The molecule has 26 heavy (non-hydrogen) atoms. The zero-order valence-corrected chi connectivity index (χ0v) is 14.7. The van der Waals surface area contributed by atoms with Crippen molar-refractivity contribution in [1.29, 1.82) is 0 Å². The number of nitrogens with zero attached hydrogens (tertiary/aromatic N) is 5. The van der Waals surface area contributed by atoms with E-state index in [2.05, 4.69) is 15.3 Å². The number of aryl methyl sites for hydroxylation is 2. The third kappa shape index (κ3) is 2.66. The third-order valence-electron chi connectivity index (χ3n) is 4.44. The van der Waals surface area contributed by atoms with Gasteiger partial charge in [0.15, 0.2) is 11.2 Å². The van der Waals surface area contributed by atoms with Crippen LogP contribution in [0.5, 0.6) is 0 Å². The largest absolute Gasteiger partial charge is 0.385 e. The molecule has 0 aliphatic heterocycles. The minimum absolute atomic E-state index is 0.164. The molecular weight excluding hydrogens is 330 g/mol. The van der Waals surface area contributed by atoms with Crippen LogP contribution in [0.25, 0.3) is 27.8 Å². The number of aromatic nitrogens is 5. The van der Waals surface area contributed by atoms with Crippen LogP contribution in [0.4, 0.5) is 0 Å². The Morgan fingerprint density at radius 3 is 2.69 bits per heavy atom. The lowest BCUT2D eigenvalue weighted by atomic mass is 10.1. The highest BCUT2D eigenvalue weighted by Gasteiger charge is 2.17. The van der Waals surface area contributed by atoms with E-state index < -0.39 is 0 Å². The molecule has 0 aliphatic rings. The van der Waals surface area contributed by atoms with Crippen molar-refractivity contribution in [2.75, 3.05) is 13.7 Å². The molecule has 0 spiro atoms. The first-order valence-corrected chi connectivity index (χ1v) is 8.50. The fourth-order valence-electron chi connectivity index (χ4n) is 3.19. The summed E-state index contributed by atoms with van der Waals surface area (Å²) in [7, 11) is 1.65. The predicted octanol–water partition coefficient (Wildman–Crippen LogP) is 2.45. The number of hydrogen-bond donors (Lipinski definition) is 0. The van der Waals surface area contributed by atoms with Crippen molar-refractivity contribution in [3.63, 3.8) is 0 Å². The molecular formula is C19H19N5O2. The second-order valence-corrected chi connectivity index (χ2v) is 6.16. The van der Waals surface area contributed by atoms with Crippen molar-refractivity contribution in [2.24, 2.45) is 0 Å². The number of fused-ring (bicyclic) bond motifs is 3. The Morgan fingerprint density at radius 2 is 1.92 bits per heavy atom. The van der Waals surface area contributed by atoms with E-state index >= 15 is 0 Å². The van der Waals surface area contributed by atoms with E-state index in [9.17, 15) is 4.79 Å². The average molecular weight is 349 g/mol. The van der Waals surface area contributed by atoms with Crippen LogP contribution in [-0.2, 0) is 11.3 Å². The van der Waals surface area contributed by atoms with E-state index in [-0.39, 0.29) is 5.56 Å². The molecule has 7 heteroatoms. The van der Waals surface area contributed by atoms with Gasteiger partial charge in [0.25, 0.3) is 5.56 Å². The predicted molar refractivity (Wildman–Crippen MR) is 99.2 cm³/mol. The van der Waals surface area contributed by atoms with Crippen LogP contribution >= 0.6 is 0 Å². The lowest BCUT2D eigenvalue weighted by molar-refractivity contribution is 0.190. The van der Waals surface area contributed by atoms with Gasteiger partial charge in [-0.1, -0.05) is 30.3 Å². The topological polar surface area (TPSA) is 74.3 Å². The molecule has 0 fully saturated rings. The van der Waals surface area contributed by atoms with Crippen LogP contribution in [0.15, 0.2) is 47.4 Å². The summed E-state index contributed by atoms with van der Waals surface area (Å²) in [6.07, 6.45) is 2.54. The highest BCUT2D eigenvalue weighted by atomic mass is 16.5. The monoisotopic (exact) mass is 349 g/mol. The van der Waals surface area contributed by atoms with Gasteiger partial charge < -0.3 is 9.30 Å². The summed E-state index contributed by atoms with van der Waals surface area (Å²) in [4.78, 5) is 12.7. The highest BCUT2D eigenvalue weighted by Crippen LogP contribution is 2.27. The maximum atomic E-state index is 12.7. The SMILES string of the molecule is COCCCn1ccc2c(nnc3c(-c4ccccc4)c(C)nn32)c1=O. The first-order chi connectivity index (χ1) is 12.7. The van der Waals surface area contributed by atoms with E-state index in [1.54, 1.807) is 22.4 Å². The van der Waals surface area contributed by atoms with E-state index in [0.717, 1.165) is 23.2 Å². The molecule has 0 N–H and O–H groups in total. The summed E-state index contributed by atoms with van der Waals surface area (Å²) in [5, 5.41) is 13.1. The van der Waals surface area contributed by atoms with Crippen molar-refractivity contribution in [3.8, 4) is 11.1 Å². The Balaban J connectivity index is 1.89. The van der Waals surface area contributed by atoms with Crippen molar-refractivity contribution >= 4 is 16.7 Å². The van der Waals surface area contributed by atoms with Crippen LogP contribution in [0.2, 0.25) is 0 Å².